The van der Waals surface area contributed by atoms with Gasteiger partial charge in [0.15, 0.2) is 0 Å². The Balaban J connectivity index is 1.57. The maximum atomic E-state index is 12.9. The largest absolute Gasteiger partial charge is 0.391 e. The van der Waals surface area contributed by atoms with E-state index in [-0.39, 0.29) is 17.2 Å². The molecule has 2 atom stereocenters. The molecule has 0 bridgehead atoms. The van der Waals surface area contributed by atoms with Crippen LogP contribution in [0.5, 0.6) is 0 Å². The van der Waals surface area contributed by atoms with Crippen LogP contribution in [-0.4, -0.2) is 37.5 Å². The first-order valence-electron chi connectivity index (χ1n) is 11.1. The van der Waals surface area contributed by atoms with E-state index in [9.17, 15) is 14.7 Å². The lowest BCUT2D eigenvalue weighted by atomic mass is 9.92. The molecule has 1 aliphatic carbocycles. The van der Waals surface area contributed by atoms with Crippen LogP contribution in [0.15, 0.2) is 47.4 Å². The lowest BCUT2D eigenvalue weighted by Crippen LogP contribution is -2.46. The Kier molecular flexibility index (Phi) is 6.28. The van der Waals surface area contributed by atoms with E-state index in [1.807, 2.05) is 50.5 Å². The molecule has 1 aromatic carbocycles. The van der Waals surface area contributed by atoms with Gasteiger partial charge in [-0.25, -0.2) is 0 Å². The number of pyridine rings is 1. The number of nitrogens with zero attached hydrogens (tertiary/aromatic N) is 3. The molecule has 1 saturated carbocycles. The Hall–Kier alpha value is -3.19. The quantitative estimate of drug-likeness (QED) is 0.646. The second kappa shape index (κ2) is 9.12. The average molecular weight is 435 g/mol. The van der Waals surface area contributed by atoms with Gasteiger partial charge in [-0.1, -0.05) is 37.1 Å². The molecule has 0 radical (unpaired) electrons. The van der Waals surface area contributed by atoms with E-state index in [2.05, 4.69) is 10.4 Å². The topological polar surface area (TPSA) is 89.2 Å². The molecule has 7 heteroatoms. The maximum Gasteiger partial charge on any atom is 0.263 e. The number of aromatic nitrogens is 3. The minimum Gasteiger partial charge on any atom is -0.391 e. The third-order valence-electron chi connectivity index (χ3n) is 6.47. The predicted molar refractivity (Wildman–Crippen MR) is 124 cm³/mol. The maximum absolute atomic E-state index is 12.9. The van der Waals surface area contributed by atoms with Crippen LogP contribution < -0.4 is 10.9 Å². The highest BCUT2D eigenvalue weighted by Crippen LogP contribution is 2.21. The first-order valence-corrected chi connectivity index (χ1v) is 11.1. The van der Waals surface area contributed by atoms with Crippen molar-refractivity contribution in [3.05, 3.63) is 75.3 Å². The Morgan fingerprint density at radius 2 is 1.88 bits per heavy atom. The molecule has 1 amide bonds. The number of hydrogen-bond acceptors (Lipinski definition) is 4. The molecule has 2 aromatic heterocycles. The molecule has 2 N–H and O–H groups in total. The number of rotatable bonds is 5. The van der Waals surface area contributed by atoms with Gasteiger partial charge in [0, 0.05) is 31.5 Å². The van der Waals surface area contributed by atoms with Gasteiger partial charge in [0.1, 0.15) is 5.56 Å². The summed E-state index contributed by atoms with van der Waals surface area (Å²) in [6.07, 6.45) is 5.30. The van der Waals surface area contributed by atoms with Crippen LogP contribution in [0.25, 0.3) is 11.3 Å². The Labute approximate surface area is 187 Å². The molecular formula is C25H30N4O3. The number of hydrogen-bond donors (Lipinski definition) is 2. The van der Waals surface area contributed by atoms with E-state index in [4.69, 9.17) is 0 Å². The number of amides is 1. The molecule has 4 rings (SSSR count). The van der Waals surface area contributed by atoms with Crippen molar-refractivity contribution in [2.75, 3.05) is 0 Å². The molecule has 32 heavy (non-hydrogen) atoms. The van der Waals surface area contributed by atoms with E-state index < -0.39 is 12.0 Å². The van der Waals surface area contributed by atoms with Crippen molar-refractivity contribution in [1.82, 2.24) is 19.7 Å². The zero-order chi connectivity index (χ0) is 22.8. The van der Waals surface area contributed by atoms with E-state index in [0.717, 1.165) is 47.3 Å². The van der Waals surface area contributed by atoms with Crippen molar-refractivity contribution in [3.63, 3.8) is 0 Å². The van der Waals surface area contributed by atoms with E-state index in [0.29, 0.717) is 12.8 Å². The fraction of sp³-hybridized carbons (Fsp3) is 0.400. The number of carbonyl (C=O) groups is 1. The molecule has 0 saturated heterocycles. The van der Waals surface area contributed by atoms with E-state index in [1.165, 1.54) is 4.57 Å². The fourth-order valence-corrected chi connectivity index (χ4v) is 4.34. The van der Waals surface area contributed by atoms with Crippen molar-refractivity contribution < 1.29 is 9.90 Å². The van der Waals surface area contributed by atoms with Crippen LogP contribution in [0.4, 0.5) is 0 Å². The van der Waals surface area contributed by atoms with Crippen molar-refractivity contribution in [1.29, 1.82) is 0 Å². The Morgan fingerprint density at radius 3 is 2.53 bits per heavy atom. The van der Waals surface area contributed by atoms with Crippen LogP contribution in [0, 0.1) is 6.92 Å². The second-order valence-corrected chi connectivity index (χ2v) is 8.71. The van der Waals surface area contributed by atoms with Gasteiger partial charge < -0.3 is 15.0 Å². The minimum atomic E-state index is -0.556. The van der Waals surface area contributed by atoms with Gasteiger partial charge in [0.2, 0.25) is 0 Å². The lowest BCUT2D eigenvalue weighted by Gasteiger charge is -2.28. The number of carbonyl (C=O) groups excluding carboxylic acids is 1. The molecule has 1 fully saturated rings. The molecule has 0 unspecified atom stereocenters. The van der Waals surface area contributed by atoms with Crippen LogP contribution in [-0.2, 0) is 20.5 Å². The molecule has 3 aromatic rings. The Bertz CT molecular complexity index is 1180. The summed E-state index contributed by atoms with van der Waals surface area (Å²) >= 11 is 0. The molecule has 1 aliphatic rings. The minimum absolute atomic E-state index is 0.121. The first kappa shape index (κ1) is 22.0. The van der Waals surface area contributed by atoms with Gasteiger partial charge in [-0.2, -0.15) is 5.10 Å². The molecule has 0 aliphatic heterocycles. The van der Waals surface area contributed by atoms with Crippen molar-refractivity contribution in [2.24, 2.45) is 14.1 Å². The van der Waals surface area contributed by atoms with Gasteiger partial charge in [0.05, 0.1) is 17.8 Å². The third-order valence-corrected chi connectivity index (χ3v) is 6.47. The van der Waals surface area contributed by atoms with Gasteiger partial charge in [-0.05, 0) is 49.4 Å². The predicted octanol–water partition coefficient (Wildman–Crippen LogP) is 2.72. The van der Waals surface area contributed by atoms with Crippen molar-refractivity contribution in [3.8, 4) is 11.3 Å². The lowest BCUT2D eigenvalue weighted by molar-refractivity contribution is 0.0715. The standard InChI is InChI=1S/C25H30N4O3/c1-16-19(14-17-8-10-18(11-9-17)21-12-13-28(2)27-21)15-20(25(32)29(16)3)24(31)26-22-6-4-5-7-23(22)30/h8-13,15,22-23,30H,4-7,14H2,1-3H3,(H,26,31)/t22-,23-/m0/s1. The zero-order valence-electron chi connectivity index (χ0n) is 18.8. The second-order valence-electron chi connectivity index (χ2n) is 8.71. The van der Waals surface area contributed by atoms with Gasteiger partial charge in [-0.3, -0.25) is 14.3 Å². The highest BCUT2D eigenvalue weighted by Gasteiger charge is 2.26. The number of benzene rings is 1. The summed E-state index contributed by atoms with van der Waals surface area (Å²) in [6.45, 7) is 1.89. The van der Waals surface area contributed by atoms with E-state index in [1.54, 1.807) is 17.8 Å². The molecule has 168 valence electrons. The zero-order valence-corrected chi connectivity index (χ0v) is 18.8. The van der Waals surface area contributed by atoms with Crippen LogP contribution in [0.3, 0.4) is 0 Å². The third kappa shape index (κ3) is 4.53. The Morgan fingerprint density at radius 1 is 1.16 bits per heavy atom. The monoisotopic (exact) mass is 434 g/mol. The molecule has 0 spiro atoms. The van der Waals surface area contributed by atoms with Crippen molar-refractivity contribution >= 4 is 5.91 Å². The van der Waals surface area contributed by atoms with E-state index >= 15 is 0 Å². The summed E-state index contributed by atoms with van der Waals surface area (Å²) < 4.78 is 3.31. The summed E-state index contributed by atoms with van der Waals surface area (Å²) in [5, 5.41) is 17.5. The average Bonchev–Trinajstić information content (AvgIpc) is 3.22. The van der Waals surface area contributed by atoms with Crippen molar-refractivity contribution in [2.45, 2.75) is 51.2 Å². The number of aliphatic hydroxyl groups excluding tert-OH is 1. The molecule has 2 heterocycles. The summed E-state index contributed by atoms with van der Waals surface area (Å²) in [5.74, 6) is -0.414. The summed E-state index contributed by atoms with van der Waals surface area (Å²) in [7, 11) is 3.58. The van der Waals surface area contributed by atoms with Gasteiger partial charge in [0.25, 0.3) is 11.5 Å². The summed E-state index contributed by atoms with van der Waals surface area (Å²) in [4.78, 5) is 25.7. The number of nitrogens with one attached hydrogen (secondary N) is 1. The summed E-state index contributed by atoms with van der Waals surface area (Å²) in [6, 6.07) is 11.5. The highest BCUT2D eigenvalue weighted by atomic mass is 16.3. The van der Waals surface area contributed by atoms with Gasteiger partial charge >= 0.3 is 0 Å². The first-order chi connectivity index (χ1) is 15.3. The van der Waals surface area contributed by atoms with Crippen LogP contribution in [0.2, 0.25) is 0 Å². The SMILES string of the molecule is Cc1c(Cc2ccc(-c3ccn(C)n3)cc2)cc(C(=O)N[C@H]2CCCC[C@@H]2O)c(=O)n1C. The van der Waals surface area contributed by atoms with Crippen LogP contribution >= 0.6 is 0 Å². The van der Waals surface area contributed by atoms with Gasteiger partial charge in [-0.15, -0.1) is 0 Å². The fourth-order valence-electron chi connectivity index (χ4n) is 4.34. The van der Waals surface area contributed by atoms with Crippen LogP contribution in [0.1, 0.15) is 52.9 Å². The highest BCUT2D eigenvalue weighted by molar-refractivity contribution is 5.94. The number of aryl methyl sites for hydroxylation is 1. The normalized spacial score (nSPS) is 18.5. The number of aliphatic hydroxyl groups is 1. The smallest absolute Gasteiger partial charge is 0.263 e. The molecule has 7 nitrogen and oxygen atoms in total. The summed E-state index contributed by atoms with van der Waals surface area (Å²) in [5.41, 5.74) is 4.60. The molecular weight excluding hydrogens is 404 g/mol.